The van der Waals surface area contributed by atoms with E-state index >= 15 is 0 Å². The molecular formula is C13H16ClF3N2O2S. The highest BCUT2D eigenvalue weighted by Crippen LogP contribution is 2.39. The summed E-state index contributed by atoms with van der Waals surface area (Å²) in [4.78, 5) is -0.883. The molecule has 1 saturated heterocycles. The van der Waals surface area contributed by atoms with Gasteiger partial charge in [0.15, 0.2) is 0 Å². The molecule has 22 heavy (non-hydrogen) atoms. The number of piperidine rings is 1. The van der Waals surface area contributed by atoms with Crippen molar-refractivity contribution in [3.8, 4) is 0 Å². The first-order valence-corrected chi connectivity index (χ1v) is 8.50. The average molecular weight is 357 g/mol. The summed E-state index contributed by atoms with van der Waals surface area (Å²) in [5.74, 6) is 0. The molecule has 0 spiro atoms. The first-order chi connectivity index (χ1) is 10.0. The Hall–Kier alpha value is -0.830. The van der Waals surface area contributed by atoms with Gasteiger partial charge in [0.1, 0.15) is 4.90 Å². The largest absolute Gasteiger partial charge is 0.417 e. The molecule has 0 saturated carbocycles. The Balaban J connectivity index is 2.55. The first kappa shape index (κ1) is 17.5. The maximum absolute atomic E-state index is 13.1. The van der Waals surface area contributed by atoms with Crippen LogP contribution >= 0.6 is 11.6 Å². The molecule has 124 valence electrons. The molecule has 1 heterocycles. The third kappa shape index (κ3) is 3.24. The van der Waals surface area contributed by atoms with Crippen molar-refractivity contribution in [2.45, 2.75) is 42.9 Å². The Kier molecular flexibility index (Phi) is 4.77. The van der Waals surface area contributed by atoms with Gasteiger partial charge in [-0.15, -0.1) is 0 Å². The summed E-state index contributed by atoms with van der Waals surface area (Å²) >= 11 is 5.79. The summed E-state index contributed by atoms with van der Waals surface area (Å²) in [5.41, 5.74) is 4.52. The standard InChI is InChI=1S/C13H16ClF3N2O2S/c1-8-7-9(18)5-6-19(8)22(20,21)12-10(13(15,16)17)3-2-4-11(12)14/h2-4,8-9H,5-7,18H2,1H3/t8-,9-/m0/s1. The molecule has 0 aliphatic carbocycles. The summed E-state index contributed by atoms with van der Waals surface area (Å²) < 4.78 is 65.8. The second-order valence-electron chi connectivity index (χ2n) is 5.36. The molecule has 0 bridgehead atoms. The first-order valence-electron chi connectivity index (χ1n) is 6.68. The molecule has 2 atom stereocenters. The third-order valence-electron chi connectivity index (χ3n) is 3.69. The predicted octanol–water partition coefficient (Wildman–Crippen LogP) is 2.86. The molecule has 2 N–H and O–H groups in total. The van der Waals surface area contributed by atoms with Gasteiger partial charge in [0.2, 0.25) is 10.0 Å². The monoisotopic (exact) mass is 356 g/mol. The summed E-state index contributed by atoms with van der Waals surface area (Å²) in [6, 6.07) is 2.31. The zero-order valence-electron chi connectivity index (χ0n) is 11.8. The fraction of sp³-hybridized carbons (Fsp3) is 0.538. The molecule has 0 unspecified atom stereocenters. The molecule has 1 aromatic carbocycles. The van der Waals surface area contributed by atoms with E-state index in [0.717, 1.165) is 22.5 Å². The van der Waals surface area contributed by atoms with Crippen molar-refractivity contribution < 1.29 is 21.6 Å². The normalized spacial score (nSPS) is 24.5. The fourth-order valence-electron chi connectivity index (χ4n) is 2.66. The van der Waals surface area contributed by atoms with Gasteiger partial charge in [-0.2, -0.15) is 17.5 Å². The van der Waals surface area contributed by atoms with E-state index in [1.54, 1.807) is 6.92 Å². The van der Waals surface area contributed by atoms with E-state index in [1.807, 2.05) is 0 Å². The molecule has 1 fully saturated rings. The van der Waals surface area contributed by atoms with E-state index < -0.39 is 37.7 Å². The van der Waals surface area contributed by atoms with Crippen molar-refractivity contribution >= 4 is 21.6 Å². The van der Waals surface area contributed by atoms with Gasteiger partial charge in [-0.1, -0.05) is 17.7 Å². The van der Waals surface area contributed by atoms with Crippen LogP contribution in [0.2, 0.25) is 5.02 Å². The maximum Gasteiger partial charge on any atom is 0.417 e. The second kappa shape index (κ2) is 5.99. The van der Waals surface area contributed by atoms with Crippen LogP contribution < -0.4 is 5.73 Å². The second-order valence-corrected chi connectivity index (χ2v) is 7.60. The summed E-state index contributed by atoms with van der Waals surface area (Å²) in [6.07, 6.45) is -4.01. The number of alkyl halides is 3. The van der Waals surface area contributed by atoms with Crippen LogP contribution in [0.25, 0.3) is 0 Å². The van der Waals surface area contributed by atoms with Crippen molar-refractivity contribution in [2.75, 3.05) is 6.54 Å². The Morgan fingerprint density at radius 3 is 2.55 bits per heavy atom. The molecular weight excluding hydrogens is 341 g/mol. The van der Waals surface area contributed by atoms with Gasteiger partial charge in [-0.25, -0.2) is 8.42 Å². The number of sulfonamides is 1. The lowest BCUT2D eigenvalue weighted by Gasteiger charge is -2.35. The van der Waals surface area contributed by atoms with Gasteiger partial charge >= 0.3 is 6.18 Å². The number of nitrogens with zero attached hydrogens (tertiary/aromatic N) is 1. The molecule has 0 aromatic heterocycles. The molecule has 9 heteroatoms. The highest BCUT2D eigenvalue weighted by molar-refractivity contribution is 7.89. The van der Waals surface area contributed by atoms with Crippen molar-refractivity contribution in [1.82, 2.24) is 4.31 Å². The lowest BCUT2D eigenvalue weighted by molar-refractivity contribution is -0.139. The summed E-state index contributed by atoms with van der Waals surface area (Å²) in [5, 5.41) is -0.433. The Labute approximate surface area is 132 Å². The summed E-state index contributed by atoms with van der Waals surface area (Å²) in [6.45, 7) is 1.70. The lowest BCUT2D eigenvalue weighted by Crippen LogP contribution is -2.48. The van der Waals surface area contributed by atoms with Crippen molar-refractivity contribution in [3.05, 3.63) is 28.8 Å². The molecule has 0 amide bonds. The Morgan fingerprint density at radius 1 is 1.36 bits per heavy atom. The lowest BCUT2D eigenvalue weighted by atomic mass is 10.0. The van der Waals surface area contributed by atoms with E-state index in [9.17, 15) is 21.6 Å². The highest BCUT2D eigenvalue weighted by Gasteiger charge is 2.42. The number of benzene rings is 1. The van der Waals surface area contributed by atoms with Crippen LogP contribution in [0, 0.1) is 0 Å². The Bertz CT molecular complexity index is 664. The van der Waals surface area contributed by atoms with E-state index in [0.29, 0.717) is 12.8 Å². The average Bonchev–Trinajstić information content (AvgIpc) is 2.36. The number of halogens is 4. The van der Waals surface area contributed by atoms with Crippen LogP contribution in [0.1, 0.15) is 25.3 Å². The van der Waals surface area contributed by atoms with Crippen LogP contribution in [-0.2, 0) is 16.2 Å². The smallest absolute Gasteiger partial charge is 0.328 e. The summed E-state index contributed by atoms with van der Waals surface area (Å²) in [7, 11) is -4.35. The van der Waals surface area contributed by atoms with Crippen molar-refractivity contribution in [2.24, 2.45) is 5.73 Å². The van der Waals surface area contributed by atoms with Crippen LogP contribution in [0.5, 0.6) is 0 Å². The minimum atomic E-state index is -4.80. The van der Waals surface area contributed by atoms with Gasteiger partial charge in [-0.3, -0.25) is 0 Å². The molecule has 1 aliphatic heterocycles. The van der Waals surface area contributed by atoms with Gasteiger partial charge in [0.05, 0.1) is 10.6 Å². The molecule has 2 rings (SSSR count). The Morgan fingerprint density at radius 2 is 2.00 bits per heavy atom. The van der Waals surface area contributed by atoms with Crippen molar-refractivity contribution in [3.63, 3.8) is 0 Å². The van der Waals surface area contributed by atoms with Crippen LogP contribution in [0.15, 0.2) is 23.1 Å². The van der Waals surface area contributed by atoms with E-state index in [1.165, 1.54) is 0 Å². The highest BCUT2D eigenvalue weighted by atomic mass is 35.5. The SMILES string of the molecule is C[C@H]1C[C@@H](N)CCN1S(=O)(=O)c1c(Cl)cccc1C(F)(F)F. The van der Waals surface area contributed by atoms with E-state index in [-0.39, 0.29) is 12.6 Å². The molecule has 1 aliphatic rings. The fourth-order valence-corrected chi connectivity index (χ4v) is 5.04. The number of rotatable bonds is 2. The van der Waals surface area contributed by atoms with Crippen LogP contribution in [0.3, 0.4) is 0 Å². The maximum atomic E-state index is 13.1. The van der Waals surface area contributed by atoms with Gasteiger partial charge < -0.3 is 5.73 Å². The van der Waals surface area contributed by atoms with Crippen LogP contribution in [0.4, 0.5) is 13.2 Å². The molecule has 0 radical (unpaired) electrons. The minimum Gasteiger partial charge on any atom is -0.328 e. The number of nitrogens with two attached hydrogens (primary N) is 1. The van der Waals surface area contributed by atoms with Crippen LogP contribution in [-0.4, -0.2) is 31.4 Å². The molecule has 4 nitrogen and oxygen atoms in total. The topological polar surface area (TPSA) is 63.4 Å². The van der Waals surface area contributed by atoms with Gasteiger partial charge in [-0.05, 0) is 31.9 Å². The zero-order valence-corrected chi connectivity index (χ0v) is 13.3. The zero-order chi connectivity index (χ0) is 16.7. The van der Waals surface area contributed by atoms with E-state index in [2.05, 4.69) is 0 Å². The predicted molar refractivity (Wildman–Crippen MR) is 77.0 cm³/mol. The molecule has 1 aromatic rings. The van der Waals surface area contributed by atoms with Gasteiger partial charge in [0.25, 0.3) is 0 Å². The number of hydrogen-bond donors (Lipinski definition) is 1. The van der Waals surface area contributed by atoms with Crippen molar-refractivity contribution in [1.29, 1.82) is 0 Å². The minimum absolute atomic E-state index is 0.0766. The van der Waals surface area contributed by atoms with Gasteiger partial charge in [0, 0.05) is 18.6 Å². The van der Waals surface area contributed by atoms with E-state index in [4.69, 9.17) is 17.3 Å². The quantitative estimate of drug-likeness (QED) is 0.886. The third-order valence-corrected chi connectivity index (χ3v) is 6.24. The number of hydrogen-bond acceptors (Lipinski definition) is 3.